The van der Waals surface area contributed by atoms with Crippen LogP contribution in [-0.2, 0) is 17.5 Å². The zero-order valence-electron chi connectivity index (χ0n) is 15.6. The van der Waals surface area contributed by atoms with E-state index in [1.807, 2.05) is 23.7 Å². The lowest BCUT2D eigenvalue weighted by Crippen LogP contribution is -2.12. The van der Waals surface area contributed by atoms with Crippen LogP contribution >= 0.6 is 11.8 Å². The van der Waals surface area contributed by atoms with Crippen LogP contribution in [0.3, 0.4) is 0 Å². The van der Waals surface area contributed by atoms with Crippen molar-refractivity contribution in [2.24, 2.45) is 7.05 Å². The monoisotopic (exact) mass is 408 g/mol. The van der Waals surface area contributed by atoms with Gasteiger partial charge in [-0.15, -0.1) is 10.2 Å². The second-order valence-corrected chi connectivity index (χ2v) is 7.07. The fraction of sp³-hybridized carbons (Fsp3) is 0.158. The summed E-state index contributed by atoms with van der Waals surface area (Å²) in [4.78, 5) is 35.4. The van der Waals surface area contributed by atoms with Crippen LogP contribution in [0.2, 0.25) is 0 Å². The number of aromatic nitrogens is 6. The summed E-state index contributed by atoms with van der Waals surface area (Å²) >= 11 is 1.39. The molecule has 0 aliphatic carbocycles. The highest BCUT2D eigenvalue weighted by Gasteiger charge is 2.13. The van der Waals surface area contributed by atoms with Gasteiger partial charge in [0.25, 0.3) is 5.56 Å². The van der Waals surface area contributed by atoms with Gasteiger partial charge in [-0.3, -0.25) is 9.78 Å². The molecule has 3 heterocycles. The Hall–Kier alpha value is -3.53. The van der Waals surface area contributed by atoms with Crippen molar-refractivity contribution < 1.29 is 9.53 Å². The van der Waals surface area contributed by atoms with Crippen LogP contribution in [0.4, 0.5) is 0 Å². The van der Waals surface area contributed by atoms with Crippen molar-refractivity contribution in [3.05, 3.63) is 64.5 Å². The summed E-state index contributed by atoms with van der Waals surface area (Å²) in [6.07, 6.45) is 3.42. The van der Waals surface area contributed by atoms with Crippen LogP contribution in [0.25, 0.3) is 22.3 Å². The van der Waals surface area contributed by atoms with Gasteiger partial charge >= 0.3 is 5.97 Å². The summed E-state index contributed by atoms with van der Waals surface area (Å²) < 4.78 is 6.58. The Morgan fingerprint density at radius 3 is 2.90 bits per heavy atom. The first-order chi connectivity index (χ1) is 14.1. The van der Waals surface area contributed by atoms with Gasteiger partial charge in [-0.25, -0.2) is 9.78 Å². The number of nitrogens with zero attached hydrogens (tertiary/aromatic N) is 5. The molecule has 0 unspecified atom stereocenters. The van der Waals surface area contributed by atoms with E-state index in [9.17, 15) is 9.59 Å². The molecule has 0 amide bonds. The van der Waals surface area contributed by atoms with Crippen molar-refractivity contribution in [1.82, 2.24) is 29.7 Å². The van der Waals surface area contributed by atoms with E-state index in [0.29, 0.717) is 39.0 Å². The number of pyridine rings is 1. The predicted octanol–water partition coefficient (Wildman–Crippen LogP) is 2.19. The first kappa shape index (κ1) is 18.8. The van der Waals surface area contributed by atoms with E-state index < -0.39 is 5.97 Å². The minimum Gasteiger partial charge on any atom is -0.465 e. The number of rotatable bonds is 5. The number of aromatic amines is 1. The third kappa shape index (κ3) is 3.74. The van der Waals surface area contributed by atoms with Gasteiger partial charge in [0.05, 0.1) is 29.3 Å². The van der Waals surface area contributed by atoms with E-state index >= 15 is 0 Å². The third-order valence-corrected chi connectivity index (χ3v) is 5.30. The van der Waals surface area contributed by atoms with E-state index in [0.717, 1.165) is 5.56 Å². The molecule has 146 valence electrons. The van der Waals surface area contributed by atoms with Crippen molar-refractivity contribution in [1.29, 1.82) is 0 Å². The third-order valence-electron chi connectivity index (χ3n) is 4.27. The molecule has 9 nitrogen and oxygen atoms in total. The molecule has 0 saturated carbocycles. The van der Waals surface area contributed by atoms with E-state index in [1.54, 1.807) is 30.6 Å². The number of hydrogen-bond acceptors (Lipinski definition) is 8. The molecular formula is C19H16N6O3S. The smallest absolute Gasteiger partial charge is 0.337 e. The van der Waals surface area contributed by atoms with Gasteiger partial charge in [-0.1, -0.05) is 11.8 Å². The van der Waals surface area contributed by atoms with Crippen LogP contribution in [0.15, 0.2) is 52.7 Å². The summed E-state index contributed by atoms with van der Waals surface area (Å²) in [5.41, 5.74) is 1.37. The van der Waals surface area contributed by atoms with E-state index in [-0.39, 0.29) is 5.56 Å². The molecule has 0 fully saturated rings. The molecular weight excluding hydrogens is 392 g/mol. The molecule has 0 aliphatic rings. The lowest BCUT2D eigenvalue weighted by Gasteiger charge is -2.05. The van der Waals surface area contributed by atoms with Gasteiger partial charge in [-0.2, -0.15) is 0 Å². The zero-order chi connectivity index (χ0) is 20.4. The Morgan fingerprint density at radius 1 is 1.28 bits per heavy atom. The maximum absolute atomic E-state index is 12.4. The SMILES string of the molecule is COC(=O)c1ccc2c(=O)[nH]c(CSc3nnc(-c4cccnc4)n3C)nc2c1. The van der Waals surface area contributed by atoms with Gasteiger partial charge in [0.1, 0.15) is 5.82 Å². The predicted molar refractivity (Wildman–Crippen MR) is 107 cm³/mol. The molecule has 0 atom stereocenters. The number of hydrogen-bond donors (Lipinski definition) is 1. The van der Waals surface area contributed by atoms with Crippen molar-refractivity contribution in [3.8, 4) is 11.4 Å². The zero-order valence-corrected chi connectivity index (χ0v) is 16.4. The van der Waals surface area contributed by atoms with Crippen molar-refractivity contribution >= 4 is 28.6 Å². The molecule has 0 bridgehead atoms. The summed E-state index contributed by atoms with van der Waals surface area (Å²) in [5, 5.41) is 9.50. The number of carbonyl (C=O) groups excluding carboxylic acids is 1. The average molecular weight is 408 g/mol. The first-order valence-electron chi connectivity index (χ1n) is 8.60. The molecule has 4 aromatic rings. The molecule has 0 aliphatic heterocycles. The van der Waals surface area contributed by atoms with Crippen LogP contribution < -0.4 is 5.56 Å². The molecule has 10 heteroatoms. The summed E-state index contributed by atoms with van der Waals surface area (Å²) in [6, 6.07) is 8.40. The lowest BCUT2D eigenvalue weighted by molar-refractivity contribution is 0.0601. The number of nitrogens with one attached hydrogen (secondary N) is 1. The maximum Gasteiger partial charge on any atom is 0.337 e. The normalized spacial score (nSPS) is 11.0. The lowest BCUT2D eigenvalue weighted by atomic mass is 10.1. The molecule has 1 aromatic carbocycles. The number of benzene rings is 1. The van der Waals surface area contributed by atoms with E-state index in [2.05, 4.69) is 25.1 Å². The summed E-state index contributed by atoms with van der Waals surface area (Å²) in [6.45, 7) is 0. The van der Waals surface area contributed by atoms with Crippen LogP contribution in [-0.4, -0.2) is 42.8 Å². The Kier molecular flexibility index (Phi) is 5.09. The molecule has 0 spiro atoms. The number of methoxy groups -OCH3 is 1. The number of ether oxygens (including phenoxy) is 1. The first-order valence-corrected chi connectivity index (χ1v) is 9.59. The Balaban J connectivity index is 1.59. The second-order valence-electron chi connectivity index (χ2n) is 6.13. The number of thioether (sulfide) groups is 1. The van der Waals surface area contributed by atoms with Crippen LogP contribution in [0.1, 0.15) is 16.2 Å². The van der Waals surface area contributed by atoms with Gasteiger partial charge < -0.3 is 14.3 Å². The Labute approximate surface area is 169 Å². The highest BCUT2D eigenvalue weighted by Crippen LogP contribution is 2.24. The molecule has 3 aromatic heterocycles. The van der Waals surface area contributed by atoms with Crippen molar-refractivity contribution in [2.75, 3.05) is 7.11 Å². The highest BCUT2D eigenvalue weighted by molar-refractivity contribution is 7.98. The van der Waals surface area contributed by atoms with Gasteiger partial charge in [0.15, 0.2) is 11.0 Å². The number of carbonyl (C=O) groups is 1. The topological polar surface area (TPSA) is 116 Å². The second kappa shape index (κ2) is 7.84. The fourth-order valence-electron chi connectivity index (χ4n) is 2.82. The Morgan fingerprint density at radius 2 is 2.14 bits per heavy atom. The van der Waals surface area contributed by atoms with E-state index in [4.69, 9.17) is 4.74 Å². The summed E-state index contributed by atoms with van der Waals surface area (Å²) in [7, 11) is 3.17. The molecule has 29 heavy (non-hydrogen) atoms. The van der Waals surface area contributed by atoms with Crippen LogP contribution in [0, 0.1) is 0 Å². The van der Waals surface area contributed by atoms with Crippen molar-refractivity contribution in [3.63, 3.8) is 0 Å². The quantitative estimate of drug-likeness (QED) is 0.395. The maximum atomic E-state index is 12.4. The minimum absolute atomic E-state index is 0.268. The van der Waals surface area contributed by atoms with Crippen LogP contribution in [0.5, 0.6) is 0 Å². The fourth-order valence-corrected chi connectivity index (χ4v) is 3.60. The molecule has 0 radical (unpaired) electrons. The molecule has 0 saturated heterocycles. The largest absolute Gasteiger partial charge is 0.465 e. The number of H-pyrrole nitrogens is 1. The van der Waals surface area contributed by atoms with Gasteiger partial charge in [0.2, 0.25) is 0 Å². The number of fused-ring (bicyclic) bond motifs is 1. The van der Waals surface area contributed by atoms with E-state index in [1.165, 1.54) is 18.9 Å². The molecule has 1 N–H and O–H groups in total. The van der Waals surface area contributed by atoms with Gasteiger partial charge in [0, 0.05) is 25.0 Å². The highest BCUT2D eigenvalue weighted by atomic mass is 32.2. The Bertz CT molecular complexity index is 1250. The minimum atomic E-state index is -0.480. The molecule has 4 rings (SSSR count). The summed E-state index contributed by atoms with van der Waals surface area (Å²) in [5.74, 6) is 1.07. The average Bonchev–Trinajstić information content (AvgIpc) is 3.12. The standard InChI is InChI=1S/C19H16N6O3S/c1-25-16(12-4-3-7-20-9-12)23-24-19(25)29-10-15-21-14-8-11(18(27)28-2)5-6-13(14)17(26)22-15/h3-9H,10H2,1-2H3,(H,21,22,26). The van der Waals surface area contributed by atoms with Gasteiger partial charge in [-0.05, 0) is 30.3 Å². The number of esters is 1. The van der Waals surface area contributed by atoms with Crippen molar-refractivity contribution in [2.45, 2.75) is 10.9 Å².